The zero-order chi connectivity index (χ0) is 19.1. The highest BCUT2D eigenvalue weighted by atomic mass is 35.5. The van der Waals surface area contributed by atoms with Gasteiger partial charge in [-0.1, -0.05) is 48.0 Å². The van der Waals surface area contributed by atoms with Crippen LogP contribution in [0.2, 0.25) is 5.02 Å². The largest absolute Gasteiger partial charge is 0.336 e. The van der Waals surface area contributed by atoms with Gasteiger partial charge in [-0.3, -0.25) is 4.90 Å². The summed E-state index contributed by atoms with van der Waals surface area (Å²) in [6.45, 7) is 4.75. The molecule has 0 aliphatic carbocycles. The first kappa shape index (κ1) is 19.7. The lowest BCUT2D eigenvalue weighted by Crippen LogP contribution is -2.53. The first-order valence-electron chi connectivity index (χ1n) is 9.37. The molecule has 0 radical (unpaired) electrons. The second-order valence-electron chi connectivity index (χ2n) is 7.03. The fourth-order valence-corrected chi connectivity index (χ4v) is 3.55. The number of benzene rings is 2. The molecule has 1 heterocycles. The third-order valence-electron chi connectivity index (χ3n) is 4.95. The van der Waals surface area contributed by atoms with E-state index < -0.39 is 0 Å². The number of rotatable bonds is 6. The molecule has 6 heteroatoms. The van der Waals surface area contributed by atoms with Crippen LogP contribution >= 0.6 is 11.6 Å². The highest BCUT2D eigenvalue weighted by Crippen LogP contribution is 2.15. The van der Waals surface area contributed by atoms with Crippen molar-refractivity contribution in [3.63, 3.8) is 0 Å². The van der Waals surface area contributed by atoms with Crippen molar-refractivity contribution in [3.8, 4) is 0 Å². The molecule has 1 unspecified atom stereocenters. The lowest BCUT2D eigenvalue weighted by Gasteiger charge is -2.38. The predicted octanol–water partition coefficient (Wildman–Crippen LogP) is 3.32. The number of amides is 2. The third kappa shape index (κ3) is 6.24. The molecule has 2 aromatic rings. The number of nitrogens with one attached hydrogen (secondary N) is 2. The van der Waals surface area contributed by atoms with E-state index in [1.54, 1.807) is 12.1 Å². The molecule has 5 nitrogen and oxygen atoms in total. The fraction of sp³-hybridized carbons (Fsp3) is 0.381. The minimum atomic E-state index is -0.204. The van der Waals surface area contributed by atoms with Crippen molar-refractivity contribution in [1.82, 2.24) is 15.1 Å². The Kier molecular flexibility index (Phi) is 7.10. The van der Waals surface area contributed by atoms with E-state index in [1.165, 1.54) is 5.56 Å². The molecule has 27 heavy (non-hydrogen) atoms. The zero-order valence-electron chi connectivity index (χ0n) is 15.7. The van der Waals surface area contributed by atoms with Gasteiger partial charge in [0.2, 0.25) is 0 Å². The molecule has 1 fully saturated rings. The predicted molar refractivity (Wildman–Crippen MR) is 111 cm³/mol. The van der Waals surface area contributed by atoms with E-state index in [-0.39, 0.29) is 12.1 Å². The number of piperazine rings is 1. The minimum Gasteiger partial charge on any atom is -0.336 e. The summed E-state index contributed by atoms with van der Waals surface area (Å²) in [5.74, 6) is 0. The Morgan fingerprint density at radius 3 is 2.52 bits per heavy atom. The van der Waals surface area contributed by atoms with Gasteiger partial charge in [0, 0.05) is 49.5 Å². The van der Waals surface area contributed by atoms with Crippen LogP contribution in [0.15, 0.2) is 54.6 Å². The number of likely N-dealkylation sites (N-methyl/N-ethyl adjacent to an activating group) is 1. The Labute approximate surface area is 166 Å². The molecule has 144 valence electrons. The van der Waals surface area contributed by atoms with E-state index in [9.17, 15) is 4.79 Å². The van der Waals surface area contributed by atoms with Gasteiger partial charge in [-0.05, 0) is 37.2 Å². The van der Waals surface area contributed by atoms with E-state index in [2.05, 4.69) is 51.7 Å². The third-order valence-corrected chi connectivity index (χ3v) is 5.18. The van der Waals surface area contributed by atoms with Crippen molar-refractivity contribution in [2.24, 2.45) is 0 Å². The van der Waals surface area contributed by atoms with Crippen LogP contribution in [0.3, 0.4) is 0 Å². The van der Waals surface area contributed by atoms with Crippen LogP contribution in [0.25, 0.3) is 0 Å². The smallest absolute Gasteiger partial charge is 0.319 e. The molecular formula is C21H27ClN4O. The number of anilines is 1. The Bertz CT molecular complexity index is 732. The molecule has 2 N–H and O–H groups in total. The van der Waals surface area contributed by atoms with Gasteiger partial charge in [0.1, 0.15) is 0 Å². The summed E-state index contributed by atoms with van der Waals surface area (Å²) >= 11 is 5.98. The van der Waals surface area contributed by atoms with Crippen LogP contribution < -0.4 is 10.6 Å². The van der Waals surface area contributed by atoms with Crippen molar-refractivity contribution in [3.05, 3.63) is 65.2 Å². The monoisotopic (exact) mass is 386 g/mol. The first-order chi connectivity index (χ1) is 13.1. The Balaban J connectivity index is 1.59. The summed E-state index contributed by atoms with van der Waals surface area (Å²) in [6.07, 6.45) is 0.919. The summed E-state index contributed by atoms with van der Waals surface area (Å²) in [5.41, 5.74) is 1.98. The number of nitrogens with zero attached hydrogens (tertiary/aromatic N) is 2. The van der Waals surface area contributed by atoms with E-state index in [0.717, 1.165) is 32.6 Å². The molecule has 0 bridgehead atoms. The van der Waals surface area contributed by atoms with Crippen molar-refractivity contribution >= 4 is 23.3 Å². The van der Waals surface area contributed by atoms with Gasteiger partial charge >= 0.3 is 6.03 Å². The van der Waals surface area contributed by atoms with E-state index in [0.29, 0.717) is 17.3 Å². The molecule has 3 rings (SSSR count). The van der Waals surface area contributed by atoms with Gasteiger partial charge in [0.25, 0.3) is 0 Å². The van der Waals surface area contributed by atoms with E-state index >= 15 is 0 Å². The van der Waals surface area contributed by atoms with Crippen LogP contribution in [0.5, 0.6) is 0 Å². The molecule has 0 saturated carbocycles. The van der Waals surface area contributed by atoms with Crippen molar-refractivity contribution in [2.75, 3.05) is 45.1 Å². The molecule has 1 aliphatic heterocycles. The first-order valence-corrected chi connectivity index (χ1v) is 9.75. The second-order valence-corrected chi connectivity index (χ2v) is 7.46. The molecule has 1 atom stereocenters. The summed E-state index contributed by atoms with van der Waals surface area (Å²) < 4.78 is 0. The van der Waals surface area contributed by atoms with Crippen LogP contribution in [-0.2, 0) is 6.42 Å². The normalized spacial score (nSPS) is 16.7. The van der Waals surface area contributed by atoms with Gasteiger partial charge < -0.3 is 15.5 Å². The maximum absolute atomic E-state index is 12.3. The number of hydrogen-bond acceptors (Lipinski definition) is 3. The fourth-order valence-electron chi connectivity index (χ4n) is 3.36. The quantitative estimate of drug-likeness (QED) is 0.800. The zero-order valence-corrected chi connectivity index (χ0v) is 16.5. The highest BCUT2D eigenvalue weighted by molar-refractivity contribution is 6.30. The molecule has 1 aliphatic rings. The highest BCUT2D eigenvalue weighted by Gasteiger charge is 2.23. The van der Waals surface area contributed by atoms with Gasteiger partial charge in [-0.2, -0.15) is 0 Å². The van der Waals surface area contributed by atoms with Gasteiger partial charge in [-0.15, -0.1) is 0 Å². The number of halogens is 1. The van der Waals surface area contributed by atoms with E-state index in [4.69, 9.17) is 11.6 Å². The Morgan fingerprint density at radius 2 is 1.81 bits per heavy atom. The van der Waals surface area contributed by atoms with E-state index in [1.807, 2.05) is 18.2 Å². The molecule has 0 spiro atoms. The number of urea groups is 1. The SMILES string of the molecule is CN1CCN(C(CNC(=O)Nc2cccc(Cl)c2)Cc2ccccc2)CC1. The Hall–Kier alpha value is -2.08. The van der Waals surface area contributed by atoms with Crippen molar-refractivity contribution < 1.29 is 4.79 Å². The number of hydrogen-bond donors (Lipinski definition) is 2. The molecule has 2 amide bonds. The summed E-state index contributed by atoms with van der Waals surface area (Å²) in [4.78, 5) is 17.1. The van der Waals surface area contributed by atoms with Crippen molar-refractivity contribution in [1.29, 1.82) is 0 Å². The molecule has 2 aromatic carbocycles. The standard InChI is InChI=1S/C21H27ClN4O/c1-25-10-12-26(13-11-25)20(14-17-6-3-2-4-7-17)16-23-21(27)24-19-9-5-8-18(22)15-19/h2-9,15,20H,10-14,16H2,1H3,(H2,23,24,27). The summed E-state index contributed by atoms with van der Waals surface area (Å²) in [6, 6.07) is 17.7. The molecule has 0 aromatic heterocycles. The summed E-state index contributed by atoms with van der Waals surface area (Å²) in [5, 5.41) is 6.49. The maximum atomic E-state index is 12.3. The molecular weight excluding hydrogens is 360 g/mol. The number of carbonyl (C=O) groups is 1. The lowest BCUT2D eigenvalue weighted by molar-refractivity contribution is 0.111. The Morgan fingerprint density at radius 1 is 1.07 bits per heavy atom. The van der Waals surface area contributed by atoms with Crippen molar-refractivity contribution in [2.45, 2.75) is 12.5 Å². The number of carbonyl (C=O) groups excluding carboxylic acids is 1. The van der Waals surface area contributed by atoms with Crippen LogP contribution in [0, 0.1) is 0 Å². The topological polar surface area (TPSA) is 47.6 Å². The average molecular weight is 387 g/mol. The van der Waals surface area contributed by atoms with Gasteiger partial charge in [-0.25, -0.2) is 4.79 Å². The van der Waals surface area contributed by atoms with Crippen LogP contribution in [0.4, 0.5) is 10.5 Å². The van der Waals surface area contributed by atoms with Crippen LogP contribution in [0.1, 0.15) is 5.56 Å². The second kappa shape index (κ2) is 9.74. The maximum Gasteiger partial charge on any atom is 0.319 e. The lowest BCUT2D eigenvalue weighted by atomic mass is 10.0. The molecule has 1 saturated heterocycles. The average Bonchev–Trinajstić information content (AvgIpc) is 2.67. The van der Waals surface area contributed by atoms with Crippen LogP contribution in [-0.4, -0.2) is 61.6 Å². The van der Waals surface area contributed by atoms with Gasteiger partial charge in [0.05, 0.1) is 0 Å². The minimum absolute atomic E-state index is 0.204. The van der Waals surface area contributed by atoms with Gasteiger partial charge in [0.15, 0.2) is 0 Å². The summed E-state index contributed by atoms with van der Waals surface area (Å²) in [7, 11) is 2.15.